The van der Waals surface area contributed by atoms with E-state index in [2.05, 4.69) is 15.1 Å². The van der Waals surface area contributed by atoms with E-state index in [4.69, 9.17) is 4.74 Å². The van der Waals surface area contributed by atoms with Gasteiger partial charge in [-0.25, -0.2) is 4.39 Å². The smallest absolute Gasteiger partial charge is 0.232 e. The SMILES string of the molecule is Cc1c(C(=O)CSc2nnc(N3CCOCC3)n2-c2cccc(F)c2)sc2ccccc12. The summed E-state index contributed by atoms with van der Waals surface area (Å²) >= 11 is 2.84. The Kier molecular flexibility index (Phi) is 5.95. The van der Waals surface area contributed by atoms with Crippen LogP contribution in [0.2, 0.25) is 0 Å². The third kappa shape index (κ3) is 4.03. The summed E-state index contributed by atoms with van der Waals surface area (Å²) in [5.41, 5.74) is 1.64. The largest absolute Gasteiger partial charge is 0.378 e. The molecule has 0 spiro atoms. The number of morpholine rings is 1. The highest BCUT2D eigenvalue weighted by Gasteiger charge is 2.23. The van der Waals surface area contributed by atoms with Crippen LogP contribution in [0, 0.1) is 12.7 Å². The number of anilines is 1. The monoisotopic (exact) mass is 468 g/mol. The lowest BCUT2D eigenvalue weighted by atomic mass is 10.1. The first-order valence-electron chi connectivity index (χ1n) is 10.3. The highest BCUT2D eigenvalue weighted by Crippen LogP contribution is 2.33. The Balaban J connectivity index is 1.44. The molecule has 3 heterocycles. The lowest BCUT2D eigenvalue weighted by molar-refractivity contribution is 0.102. The van der Waals surface area contributed by atoms with Gasteiger partial charge in [-0.15, -0.1) is 21.5 Å². The number of thioether (sulfide) groups is 1. The molecular weight excluding hydrogens is 447 g/mol. The summed E-state index contributed by atoms with van der Waals surface area (Å²) in [5, 5.41) is 10.4. The second-order valence-electron chi connectivity index (χ2n) is 7.46. The highest BCUT2D eigenvalue weighted by atomic mass is 32.2. The summed E-state index contributed by atoms with van der Waals surface area (Å²) < 4.78 is 22.4. The van der Waals surface area contributed by atoms with Gasteiger partial charge in [0, 0.05) is 17.8 Å². The van der Waals surface area contributed by atoms with Crippen LogP contribution >= 0.6 is 23.1 Å². The fraction of sp³-hybridized carbons (Fsp3) is 0.261. The molecule has 0 N–H and O–H groups in total. The van der Waals surface area contributed by atoms with Gasteiger partial charge in [-0.1, -0.05) is 36.0 Å². The fourth-order valence-electron chi connectivity index (χ4n) is 3.80. The van der Waals surface area contributed by atoms with Gasteiger partial charge in [0.05, 0.1) is 29.5 Å². The summed E-state index contributed by atoms with van der Waals surface area (Å²) in [7, 11) is 0. The average Bonchev–Trinajstić information content (AvgIpc) is 3.40. The summed E-state index contributed by atoms with van der Waals surface area (Å²) in [6, 6.07) is 14.4. The molecular formula is C23H21FN4O2S2. The van der Waals surface area contributed by atoms with Gasteiger partial charge in [0.15, 0.2) is 10.9 Å². The van der Waals surface area contributed by atoms with E-state index in [1.165, 1.54) is 35.2 Å². The van der Waals surface area contributed by atoms with Gasteiger partial charge in [0.1, 0.15) is 5.82 Å². The van der Waals surface area contributed by atoms with E-state index in [9.17, 15) is 9.18 Å². The first kappa shape index (κ1) is 21.1. The molecule has 1 aliphatic rings. The van der Waals surface area contributed by atoms with Crippen molar-refractivity contribution in [2.45, 2.75) is 12.1 Å². The minimum absolute atomic E-state index is 0.0513. The zero-order valence-corrected chi connectivity index (χ0v) is 19.1. The Hall–Kier alpha value is -2.75. The molecule has 164 valence electrons. The second kappa shape index (κ2) is 9.01. The first-order valence-corrected chi connectivity index (χ1v) is 12.1. The van der Waals surface area contributed by atoms with Crippen molar-refractivity contribution >= 4 is 44.9 Å². The number of rotatable bonds is 6. The number of aryl methyl sites for hydroxylation is 1. The molecule has 4 aromatic rings. The number of halogens is 1. The van der Waals surface area contributed by atoms with Gasteiger partial charge >= 0.3 is 0 Å². The number of thiophene rings is 1. The highest BCUT2D eigenvalue weighted by molar-refractivity contribution is 7.99. The number of ketones is 1. The zero-order chi connectivity index (χ0) is 22.1. The fourth-order valence-corrected chi connectivity index (χ4v) is 5.86. The summed E-state index contributed by atoms with van der Waals surface area (Å²) in [5.74, 6) is 0.573. The van der Waals surface area contributed by atoms with E-state index in [1.54, 1.807) is 6.07 Å². The third-order valence-electron chi connectivity index (χ3n) is 5.41. The van der Waals surface area contributed by atoms with Crippen molar-refractivity contribution in [2.75, 3.05) is 37.0 Å². The van der Waals surface area contributed by atoms with Crippen LogP contribution in [0.15, 0.2) is 53.7 Å². The van der Waals surface area contributed by atoms with Crippen LogP contribution in [0.1, 0.15) is 15.2 Å². The molecule has 0 unspecified atom stereocenters. The van der Waals surface area contributed by atoms with E-state index in [1.807, 2.05) is 41.8 Å². The third-order valence-corrected chi connectivity index (χ3v) is 7.65. The summed E-state index contributed by atoms with van der Waals surface area (Å²) in [6.45, 7) is 4.54. The van der Waals surface area contributed by atoms with Crippen molar-refractivity contribution in [3.8, 4) is 5.69 Å². The van der Waals surface area contributed by atoms with Crippen molar-refractivity contribution < 1.29 is 13.9 Å². The van der Waals surface area contributed by atoms with Crippen LogP contribution in [0.25, 0.3) is 15.8 Å². The Morgan fingerprint density at radius 2 is 1.97 bits per heavy atom. The second-order valence-corrected chi connectivity index (χ2v) is 9.46. The van der Waals surface area contributed by atoms with Crippen LogP contribution in [0.5, 0.6) is 0 Å². The number of ether oxygens (including phenoxy) is 1. The Morgan fingerprint density at radius 1 is 1.16 bits per heavy atom. The van der Waals surface area contributed by atoms with Gasteiger partial charge in [-0.3, -0.25) is 9.36 Å². The number of fused-ring (bicyclic) bond motifs is 1. The molecule has 1 saturated heterocycles. The van der Waals surface area contributed by atoms with Crippen LogP contribution in [-0.2, 0) is 4.74 Å². The van der Waals surface area contributed by atoms with Gasteiger partial charge in [-0.05, 0) is 42.1 Å². The molecule has 0 atom stereocenters. The van der Waals surface area contributed by atoms with Crippen LogP contribution < -0.4 is 4.90 Å². The average molecular weight is 469 g/mol. The summed E-state index contributed by atoms with van der Waals surface area (Å²) in [6.07, 6.45) is 0. The van der Waals surface area contributed by atoms with E-state index in [0.29, 0.717) is 43.1 Å². The number of Topliss-reactive ketones (excluding diaryl/α,β-unsaturated/α-hetero) is 1. The maximum absolute atomic E-state index is 14.0. The maximum Gasteiger partial charge on any atom is 0.232 e. The molecule has 1 fully saturated rings. The quantitative estimate of drug-likeness (QED) is 0.301. The molecule has 1 aliphatic heterocycles. The molecule has 9 heteroatoms. The lowest BCUT2D eigenvalue weighted by Crippen LogP contribution is -2.37. The van der Waals surface area contributed by atoms with Crippen molar-refractivity contribution in [3.05, 3.63) is 64.8 Å². The predicted molar refractivity (Wildman–Crippen MR) is 126 cm³/mol. The maximum atomic E-state index is 14.0. The summed E-state index contributed by atoms with van der Waals surface area (Å²) in [4.78, 5) is 15.9. The molecule has 32 heavy (non-hydrogen) atoms. The minimum Gasteiger partial charge on any atom is -0.378 e. The Labute approximate surface area is 193 Å². The van der Waals surface area contributed by atoms with Gasteiger partial charge in [0.25, 0.3) is 0 Å². The number of carbonyl (C=O) groups excluding carboxylic acids is 1. The number of carbonyl (C=O) groups is 1. The van der Waals surface area contributed by atoms with Crippen molar-refractivity contribution in [3.63, 3.8) is 0 Å². The number of aromatic nitrogens is 3. The van der Waals surface area contributed by atoms with E-state index in [0.717, 1.165) is 20.5 Å². The minimum atomic E-state index is -0.336. The molecule has 0 amide bonds. The molecule has 2 aromatic heterocycles. The van der Waals surface area contributed by atoms with E-state index < -0.39 is 0 Å². The Bertz CT molecular complexity index is 1280. The van der Waals surface area contributed by atoms with Crippen LogP contribution in [0.4, 0.5) is 10.3 Å². The molecule has 0 saturated carbocycles. The molecule has 0 bridgehead atoms. The van der Waals surface area contributed by atoms with E-state index >= 15 is 0 Å². The zero-order valence-electron chi connectivity index (χ0n) is 17.5. The van der Waals surface area contributed by atoms with Crippen molar-refractivity contribution in [2.24, 2.45) is 0 Å². The molecule has 0 aliphatic carbocycles. The van der Waals surface area contributed by atoms with Gasteiger partial charge in [0.2, 0.25) is 5.95 Å². The number of nitrogens with zero attached hydrogens (tertiary/aromatic N) is 4. The standard InChI is InChI=1S/C23H21FN4O2S2/c1-15-18-7-2-3-8-20(18)32-21(15)19(29)14-31-23-26-25-22(27-9-11-30-12-10-27)28(23)17-6-4-5-16(24)13-17/h2-8,13H,9-12,14H2,1H3. The van der Waals surface area contributed by atoms with Gasteiger partial charge in [-0.2, -0.15) is 0 Å². The molecule has 0 radical (unpaired) electrons. The normalized spacial score (nSPS) is 14.2. The molecule has 6 nitrogen and oxygen atoms in total. The van der Waals surface area contributed by atoms with Crippen LogP contribution in [0.3, 0.4) is 0 Å². The number of benzene rings is 2. The van der Waals surface area contributed by atoms with Crippen molar-refractivity contribution in [1.82, 2.24) is 14.8 Å². The topological polar surface area (TPSA) is 60.3 Å². The Morgan fingerprint density at radius 3 is 2.75 bits per heavy atom. The van der Waals surface area contributed by atoms with E-state index in [-0.39, 0.29) is 17.4 Å². The number of hydrogen-bond acceptors (Lipinski definition) is 7. The van der Waals surface area contributed by atoms with Crippen molar-refractivity contribution in [1.29, 1.82) is 0 Å². The number of hydrogen-bond donors (Lipinski definition) is 0. The van der Waals surface area contributed by atoms with Gasteiger partial charge < -0.3 is 9.64 Å². The molecule has 5 rings (SSSR count). The predicted octanol–water partition coefficient (Wildman–Crippen LogP) is 4.74. The molecule has 2 aromatic carbocycles. The van der Waals surface area contributed by atoms with Crippen LogP contribution in [-0.4, -0.2) is 52.6 Å². The first-order chi connectivity index (χ1) is 15.6. The lowest BCUT2D eigenvalue weighted by Gasteiger charge is -2.27.